The van der Waals surface area contributed by atoms with Crippen LogP contribution in [0.15, 0.2) is 42.2 Å². The van der Waals surface area contributed by atoms with Gasteiger partial charge in [0.05, 0.1) is 34.3 Å². The summed E-state index contributed by atoms with van der Waals surface area (Å²) in [4.78, 5) is 35.6. The van der Waals surface area contributed by atoms with Gasteiger partial charge >= 0.3 is 0 Å². The Bertz CT molecular complexity index is 1150. The number of hydrogen-bond acceptors (Lipinski definition) is 8. The molecule has 1 aromatic carbocycles. The Balaban J connectivity index is 2.04. The van der Waals surface area contributed by atoms with Gasteiger partial charge in [-0.3, -0.25) is 9.59 Å². The maximum atomic E-state index is 13.7. The van der Waals surface area contributed by atoms with Gasteiger partial charge in [-0.15, -0.1) is 11.3 Å². The molecular formula is C27H35N3O5S. The van der Waals surface area contributed by atoms with Gasteiger partial charge in [0.1, 0.15) is 6.61 Å². The van der Waals surface area contributed by atoms with Crippen molar-refractivity contribution >= 4 is 23.0 Å². The van der Waals surface area contributed by atoms with Gasteiger partial charge in [0, 0.05) is 6.54 Å². The minimum absolute atomic E-state index is 0.0661. The lowest BCUT2D eigenvalue weighted by Crippen LogP contribution is -2.34. The molecule has 1 aromatic heterocycles. The first-order chi connectivity index (χ1) is 17.3. The molecule has 1 unspecified atom stereocenters. The minimum Gasteiger partial charge on any atom is -0.503 e. The van der Waals surface area contributed by atoms with Crippen LogP contribution in [-0.2, 0) is 4.79 Å². The van der Waals surface area contributed by atoms with Crippen molar-refractivity contribution in [1.29, 1.82) is 0 Å². The monoisotopic (exact) mass is 513 g/mol. The summed E-state index contributed by atoms with van der Waals surface area (Å²) in [6.07, 6.45) is 2.34. The summed E-state index contributed by atoms with van der Waals surface area (Å²) in [5.41, 5.74) is 1.30. The summed E-state index contributed by atoms with van der Waals surface area (Å²) in [6.45, 7) is 14.8. The van der Waals surface area contributed by atoms with E-state index in [1.807, 2.05) is 6.92 Å². The number of Topliss-reactive ketones (excluding diaryl/α,β-unsaturated/α-hetero) is 1. The highest BCUT2D eigenvalue weighted by Crippen LogP contribution is 2.42. The smallest absolute Gasteiger partial charge is 0.290 e. The van der Waals surface area contributed by atoms with Crippen molar-refractivity contribution < 1.29 is 24.2 Å². The first-order valence-electron chi connectivity index (χ1n) is 12.1. The van der Waals surface area contributed by atoms with Crippen LogP contribution in [0.1, 0.15) is 52.2 Å². The van der Waals surface area contributed by atoms with E-state index in [-0.39, 0.29) is 11.4 Å². The number of aromatic nitrogens is 1. The van der Waals surface area contributed by atoms with E-state index in [0.717, 1.165) is 24.6 Å². The average Bonchev–Trinajstić information content (AvgIpc) is 3.34. The van der Waals surface area contributed by atoms with Crippen LogP contribution >= 0.6 is 11.3 Å². The van der Waals surface area contributed by atoms with Crippen LogP contribution < -0.4 is 9.47 Å². The number of thiazole rings is 1. The number of nitrogens with zero attached hydrogens (tertiary/aromatic N) is 3. The van der Waals surface area contributed by atoms with Crippen LogP contribution in [0.2, 0.25) is 0 Å². The van der Waals surface area contributed by atoms with Crippen molar-refractivity contribution in [2.45, 2.75) is 40.2 Å². The maximum Gasteiger partial charge on any atom is 0.290 e. The van der Waals surface area contributed by atoms with Gasteiger partial charge in [0.2, 0.25) is 5.78 Å². The number of aliphatic hydroxyl groups is 1. The van der Waals surface area contributed by atoms with E-state index in [9.17, 15) is 14.7 Å². The summed E-state index contributed by atoms with van der Waals surface area (Å²) >= 11 is 1.26. The van der Waals surface area contributed by atoms with Gasteiger partial charge in [0.25, 0.3) is 5.91 Å². The molecule has 1 aliphatic heterocycles. The number of amides is 1. The van der Waals surface area contributed by atoms with Gasteiger partial charge in [0.15, 0.2) is 17.3 Å². The van der Waals surface area contributed by atoms with Crippen LogP contribution in [0, 0.1) is 13.8 Å². The molecule has 36 heavy (non-hydrogen) atoms. The fraction of sp³-hybridized carbons (Fsp3) is 0.444. The predicted octanol–water partition coefficient (Wildman–Crippen LogP) is 4.64. The molecule has 0 fully saturated rings. The lowest BCUT2D eigenvalue weighted by Gasteiger charge is -2.28. The van der Waals surface area contributed by atoms with Gasteiger partial charge in [-0.05, 0) is 57.6 Å². The number of carbonyl (C=O) groups is 2. The zero-order chi connectivity index (χ0) is 26.4. The van der Waals surface area contributed by atoms with E-state index in [4.69, 9.17) is 9.47 Å². The van der Waals surface area contributed by atoms with E-state index < -0.39 is 17.7 Å². The number of hydrogen-bond donors (Lipinski definition) is 1. The molecule has 0 saturated heterocycles. The zero-order valence-corrected chi connectivity index (χ0v) is 22.5. The molecule has 0 spiro atoms. The third-order valence-corrected chi connectivity index (χ3v) is 7.36. The molecule has 194 valence electrons. The first-order valence-corrected chi connectivity index (χ1v) is 13.0. The molecule has 1 N–H and O–H groups in total. The molecule has 0 saturated carbocycles. The van der Waals surface area contributed by atoms with E-state index in [1.54, 1.807) is 36.1 Å². The van der Waals surface area contributed by atoms with E-state index >= 15 is 0 Å². The van der Waals surface area contributed by atoms with Gasteiger partial charge in [-0.1, -0.05) is 32.6 Å². The standard InChI is InChI=1S/C27H35N3O5S/c1-7-15-35-20-12-11-19(16-21(20)34-6)23-22(24(31)26-17(4)28-18(5)36-26)25(32)27(33)30(23)14-10-13-29(8-2)9-3/h7,11-12,16,23,32H,1,8-10,13-15H2,2-6H3. The van der Waals surface area contributed by atoms with Crippen LogP contribution in [0.5, 0.6) is 11.5 Å². The molecule has 1 atom stereocenters. The molecular weight excluding hydrogens is 478 g/mol. The van der Waals surface area contributed by atoms with E-state index in [1.165, 1.54) is 18.4 Å². The number of ether oxygens (including phenoxy) is 2. The third kappa shape index (κ3) is 5.63. The Morgan fingerprint density at radius 1 is 1.28 bits per heavy atom. The third-order valence-electron chi connectivity index (χ3n) is 6.29. The Kier molecular flexibility index (Phi) is 9.28. The topological polar surface area (TPSA) is 92.2 Å². The highest BCUT2D eigenvalue weighted by molar-refractivity contribution is 7.14. The Morgan fingerprint density at radius 3 is 2.58 bits per heavy atom. The van der Waals surface area contributed by atoms with Crippen LogP contribution in [0.25, 0.3) is 0 Å². The number of methoxy groups -OCH3 is 1. The highest BCUT2D eigenvalue weighted by Gasteiger charge is 2.44. The molecule has 8 nitrogen and oxygen atoms in total. The number of aryl methyl sites for hydroxylation is 2. The minimum atomic E-state index is -0.758. The number of aliphatic hydroxyl groups excluding tert-OH is 1. The van der Waals surface area contributed by atoms with Crippen LogP contribution in [0.3, 0.4) is 0 Å². The van der Waals surface area contributed by atoms with Gasteiger partial charge in [-0.25, -0.2) is 4.98 Å². The van der Waals surface area contributed by atoms with Gasteiger partial charge < -0.3 is 24.4 Å². The quantitative estimate of drug-likeness (QED) is 0.308. The Hall–Kier alpha value is -3.17. The van der Waals surface area contributed by atoms with Crippen molar-refractivity contribution in [3.05, 3.63) is 63.3 Å². The maximum absolute atomic E-state index is 13.7. The van der Waals surface area contributed by atoms with Gasteiger partial charge in [-0.2, -0.15) is 0 Å². The predicted molar refractivity (Wildman–Crippen MR) is 141 cm³/mol. The molecule has 3 rings (SSSR count). The van der Waals surface area contributed by atoms with E-state index in [0.29, 0.717) is 47.2 Å². The molecule has 0 aliphatic carbocycles. The van der Waals surface area contributed by atoms with Crippen molar-refractivity contribution in [3.8, 4) is 11.5 Å². The lowest BCUT2D eigenvalue weighted by atomic mass is 9.94. The molecule has 2 aromatic rings. The van der Waals surface area contributed by atoms with Crippen molar-refractivity contribution in [2.24, 2.45) is 0 Å². The highest BCUT2D eigenvalue weighted by atomic mass is 32.1. The SMILES string of the molecule is C=CCOc1ccc(C2C(C(=O)c3sc(C)nc3C)=C(O)C(=O)N2CCCN(CC)CC)cc1OC. The number of rotatable bonds is 13. The fourth-order valence-electron chi connectivity index (χ4n) is 4.45. The first kappa shape index (κ1) is 27.4. The Morgan fingerprint density at radius 2 is 2.00 bits per heavy atom. The zero-order valence-electron chi connectivity index (χ0n) is 21.7. The Labute approximate surface area is 216 Å². The van der Waals surface area contributed by atoms with Crippen LogP contribution in [-0.4, -0.2) is 71.5 Å². The number of ketones is 1. The largest absolute Gasteiger partial charge is 0.503 e. The number of benzene rings is 1. The second-order valence-corrected chi connectivity index (χ2v) is 9.73. The molecule has 2 heterocycles. The fourth-order valence-corrected chi connectivity index (χ4v) is 5.33. The summed E-state index contributed by atoms with van der Waals surface area (Å²) in [6, 6.07) is 4.54. The molecule has 9 heteroatoms. The van der Waals surface area contributed by atoms with Crippen molar-refractivity contribution in [3.63, 3.8) is 0 Å². The number of carbonyl (C=O) groups excluding carboxylic acids is 2. The summed E-state index contributed by atoms with van der Waals surface area (Å²) in [5, 5.41) is 11.7. The summed E-state index contributed by atoms with van der Waals surface area (Å²) in [5.74, 6) is -0.454. The average molecular weight is 514 g/mol. The van der Waals surface area contributed by atoms with Crippen LogP contribution in [0.4, 0.5) is 0 Å². The molecule has 0 radical (unpaired) electrons. The summed E-state index contributed by atoms with van der Waals surface area (Å²) < 4.78 is 11.2. The summed E-state index contributed by atoms with van der Waals surface area (Å²) in [7, 11) is 1.53. The molecule has 1 aliphatic rings. The van der Waals surface area contributed by atoms with E-state index in [2.05, 4.69) is 30.3 Å². The normalized spacial score (nSPS) is 15.7. The van der Waals surface area contributed by atoms with Crippen molar-refractivity contribution in [2.75, 3.05) is 39.9 Å². The van der Waals surface area contributed by atoms with Crippen molar-refractivity contribution in [1.82, 2.24) is 14.8 Å². The molecule has 1 amide bonds. The second-order valence-electron chi connectivity index (χ2n) is 8.53. The molecule has 0 bridgehead atoms. The second kappa shape index (κ2) is 12.2. The lowest BCUT2D eigenvalue weighted by molar-refractivity contribution is -0.129.